The van der Waals surface area contributed by atoms with E-state index in [1.807, 2.05) is 0 Å². The summed E-state index contributed by atoms with van der Waals surface area (Å²) in [6, 6.07) is 1.36. The third-order valence-electron chi connectivity index (χ3n) is 2.66. The first-order valence-corrected chi connectivity index (χ1v) is 8.30. The molecule has 0 aromatic heterocycles. The summed E-state index contributed by atoms with van der Waals surface area (Å²) < 4.78 is 0. The number of nitrogens with zero attached hydrogens (tertiary/aromatic N) is 4. The zero-order valence-corrected chi connectivity index (χ0v) is 17.2. The zero-order valence-electron chi connectivity index (χ0n) is 16.2. The molecular weight excluding hydrogens is 319 g/mol. The molecule has 139 valence electrons. The van der Waals surface area contributed by atoms with E-state index in [4.69, 9.17) is 0 Å². The van der Waals surface area contributed by atoms with Gasteiger partial charge in [0.15, 0.2) is 0 Å². The molecule has 0 saturated heterocycles. The van der Waals surface area contributed by atoms with Crippen LogP contribution in [0.25, 0.3) is 21.3 Å². The summed E-state index contributed by atoms with van der Waals surface area (Å²) in [6.45, 7) is 21.4. The Bertz CT molecular complexity index is 207. The van der Waals surface area contributed by atoms with Crippen molar-refractivity contribution in [3.63, 3.8) is 0 Å². The second-order valence-electron chi connectivity index (χ2n) is 6.68. The van der Waals surface area contributed by atoms with Crippen molar-refractivity contribution in [2.75, 3.05) is 19.8 Å². The van der Waals surface area contributed by atoms with Crippen LogP contribution in [0.3, 0.4) is 0 Å². The molecule has 0 saturated carbocycles. The topological polar surface area (TPSA) is 56.4 Å². The van der Waals surface area contributed by atoms with E-state index >= 15 is 0 Å². The molecule has 0 rings (SSSR count). The summed E-state index contributed by atoms with van der Waals surface area (Å²) in [5.74, 6) is 0. The molecule has 22 heavy (non-hydrogen) atoms. The minimum absolute atomic E-state index is 0. The van der Waals surface area contributed by atoms with Crippen molar-refractivity contribution in [1.82, 2.24) is 0 Å². The van der Waals surface area contributed by atoms with Gasteiger partial charge in [-0.05, 0) is 0 Å². The van der Waals surface area contributed by atoms with Gasteiger partial charge in [0.25, 0.3) is 0 Å². The average Bonchev–Trinajstić information content (AvgIpc) is 2.27. The average molecular weight is 357 g/mol. The van der Waals surface area contributed by atoms with Crippen LogP contribution in [0, 0.1) is 0 Å². The summed E-state index contributed by atoms with van der Waals surface area (Å²) in [5.41, 5.74) is 0.0678. The first kappa shape index (κ1) is 27.2. The predicted molar refractivity (Wildman–Crippen MR) is 97.8 cm³/mol. The predicted octanol–water partition coefficient (Wildman–Crippen LogP) is 5.84. The van der Waals surface area contributed by atoms with Crippen molar-refractivity contribution in [1.29, 1.82) is 0 Å². The Balaban J connectivity index is -0.000000315. The molecule has 1 radical (unpaired) electrons. The Morgan fingerprint density at radius 3 is 1.45 bits per heavy atom. The molecular formula is C17H38CoN4-4. The van der Waals surface area contributed by atoms with E-state index in [9.17, 15) is 0 Å². The smallest absolute Gasteiger partial charge is 0 e. The molecule has 0 spiro atoms. The van der Waals surface area contributed by atoms with Crippen LogP contribution in [0.1, 0.15) is 68.7 Å². The molecule has 4 nitrogen and oxygen atoms in total. The molecule has 0 bridgehead atoms. The van der Waals surface area contributed by atoms with Gasteiger partial charge in [-0.25, -0.2) is 0 Å². The van der Waals surface area contributed by atoms with Crippen LogP contribution in [0.15, 0.2) is 0 Å². The van der Waals surface area contributed by atoms with Crippen LogP contribution in [0.5, 0.6) is 0 Å². The van der Waals surface area contributed by atoms with Gasteiger partial charge in [-0.15, -0.1) is 23.7 Å². The van der Waals surface area contributed by atoms with Gasteiger partial charge in [-0.3, -0.25) is 6.67 Å². The molecule has 0 fully saturated rings. The summed E-state index contributed by atoms with van der Waals surface area (Å²) in [5, 5.41) is 17.3. The Morgan fingerprint density at radius 2 is 1.18 bits per heavy atom. The molecule has 2 atom stereocenters. The minimum Gasteiger partial charge on any atom is -0.678 e. The molecule has 2 unspecified atom stereocenters. The van der Waals surface area contributed by atoms with E-state index in [-0.39, 0.29) is 22.3 Å². The van der Waals surface area contributed by atoms with Gasteiger partial charge in [-0.1, -0.05) is 68.7 Å². The zero-order chi connectivity index (χ0) is 16.9. The monoisotopic (exact) mass is 357 g/mol. The third-order valence-corrected chi connectivity index (χ3v) is 2.66. The van der Waals surface area contributed by atoms with Gasteiger partial charge in [0, 0.05) is 16.8 Å². The number of rotatable bonds is 9. The maximum absolute atomic E-state index is 4.39. The Labute approximate surface area is 150 Å². The first-order chi connectivity index (χ1) is 9.62. The van der Waals surface area contributed by atoms with E-state index in [2.05, 4.69) is 83.6 Å². The summed E-state index contributed by atoms with van der Waals surface area (Å²) in [7, 11) is 0. The summed E-state index contributed by atoms with van der Waals surface area (Å²) in [4.78, 5) is 0. The SMILES string of the molecule is CC(C)[N-]C[N-]C(C)(C)C.CC[N-]C(C)CC(C)[N-]CC.[Co]. The molecule has 0 aromatic carbocycles. The number of hydrogen-bond acceptors (Lipinski definition) is 0. The van der Waals surface area contributed by atoms with E-state index in [0.717, 1.165) is 19.5 Å². The van der Waals surface area contributed by atoms with E-state index in [1.165, 1.54) is 0 Å². The molecule has 0 aromatic rings. The Hall–Kier alpha value is 0.346. The fourth-order valence-corrected chi connectivity index (χ4v) is 1.68. The maximum Gasteiger partial charge on any atom is 0 e. The molecule has 0 amide bonds. The van der Waals surface area contributed by atoms with Gasteiger partial charge < -0.3 is 21.3 Å². The van der Waals surface area contributed by atoms with Gasteiger partial charge in [0.05, 0.1) is 0 Å². The molecule has 0 aliphatic rings. The fraction of sp³-hybridized carbons (Fsp3) is 1.00. The summed E-state index contributed by atoms with van der Waals surface area (Å²) in [6.07, 6.45) is 1.10. The van der Waals surface area contributed by atoms with Crippen molar-refractivity contribution in [3.8, 4) is 0 Å². The van der Waals surface area contributed by atoms with E-state index in [0.29, 0.717) is 24.8 Å². The first-order valence-electron chi connectivity index (χ1n) is 8.30. The third kappa shape index (κ3) is 25.3. The standard InChI is InChI=1S/C9H20N2.C8H18N2.Co/c1-5-10-8(3)7-9(4)11-6-2;1-7(2)9-6-10-8(3,4)5;/h8-9H,5-7H2,1-4H3;7H,6H2,1-5H3;/q2*-2;. The quantitative estimate of drug-likeness (QED) is 0.498. The second kappa shape index (κ2) is 16.2. The van der Waals surface area contributed by atoms with Crippen molar-refractivity contribution in [2.24, 2.45) is 0 Å². The van der Waals surface area contributed by atoms with Crippen molar-refractivity contribution in [3.05, 3.63) is 21.3 Å². The molecule has 0 heterocycles. The van der Waals surface area contributed by atoms with E-state index in [1.54, 1.807) is 0 Å². The van der Waals surface area contributed by atoms with Gasteiger partial charge >= 0.3 is 0 Å². The van der Waals surface area contributed by atoms with Gasteiger partial charge in [0.2, 0.25) is 0 Å². The van der Waals surface area contributed by atoms with Crippen molar-refractivity contribution < 1.29 is 16.8 Å². The van der Waals surface area contributed by atoms with Crippen LogP contribution >= 0.6 is 0 Å². The van der Waals surface area contributed by atoms with Gasteiger partial charge in [0.1, 0.15) is 0 Å². The number of hydrogen-bond donors (Lipinski definition) is 0. The Morgan fingerprint density at radius 1 is 0.773 bits per heavy atom. The summed E-state index contributed by atoms with van der Waals surface area (Å²) >= 11 is 0. The molecule has 0 N–H and O–H groups in total. The fourth-order valence-electron chi connectivity index (χ4n) is 1.68. The van der Waals surface area contributed by atoms with Crippen molar-refractivity contribution >= 4 is 0 Å². The van der Waals surface area contributed by atoms with Gasteiger partial charge in [-0.2, -0.15) is 13.1 Å². The normalized spacial score (nSPS) is 13.9. The molecule has 5 heteroatoms. The minimum atomic E-state index is 0. The van der Waals surface area contributed by atoms with Crippen LogP contribution in [-0.2, 0) is 16.8 Å². The van der Waals surface area contributed by atoms with Crippen molar-refractivity contribution in [2.45, 2.75) is 92.4 Å². The van der Waals surface area contributed by atoms with Crippen LogP contribution in [-0.4, -0.2) is 43.4 Å². The second-order valence-corrected chi connectivity index (χ2v) is 6.68. The Kier molecular flexibility index (Phi) is 20.0. The van der Waals surface area contributed by atoms with E-state index < -0.39 is 0 Å². The van der Waals surface area contributed by atoms with Crippen LogP contribution in [0.2, 0.25) is 0 Å². The maximum atomic E-state index is 4.39. The largest absolute Gasteiger partial charge is 0.678 e. The molecule has 0 aliphatic carbocycles. The van der Waals surface area contributed by atoms with Crippen LogP contribution < -0.4 is 0 Å². The van der Waals surface area contributed by atoms with Crippen LogP contribution in [0.4, 0.5) is 0 Å². The molecule has 0 aliphatic heterocycles.